The third-order valence-corrected chi connectivity index (χ3v) is 7.37. The van der Waals surface area contributed by atoms with Crippen LogP contribution in [0.2, 0.25) is 0 Å². The van der Waals surface area contributed by atoms with Gasteiger partial charge < -0.3 is 14.8 Å². The Morgan fingerprint density at radius 2 is 1.97 bits per heavy atom. The van der Waals surface area contributed by atoms with Gasteiger partial charge in [0.15, 0.2) is 0 Å². The van der Waals surface area contributed by atoms with Gasteiger partial charge >= 0.3 is 5.69 Å². The largest absolute Gasteiger partial charge is 0.345 e. The number of nitrogens with one attached hydrogen (secondary N) is 1. The van der Waals surface area contributed by atoms with Crippen LogP contribution in [0.3, 0.4) is 0 Å². The standard InChI is InChI=1S/C24H34N4O2/c1-24(2,3)14-28-20(11-10-19-21(28)26(4)23(30)25-19)18-12-17-9-8-16(18)13-27(17)22(29)15-6-5-7-15/h10-12,15-17,20H,5-9,13-14H2,1-4H3,(H,25,30). The Hall–Kier alpha value is -2.24. The predicted octanol–water partition coefficient (Wildman–Crippen LogP) is 3.31. The monoisotopic (exact) mass is 410 g/mol. The minimum Gasteiger partial charge on any atom is -0.345 e. The maximum absolute atomic E-state index is 12.9. The Morgan fingerprint density at radius 3 is 2.57 bits per heavy atom. The SMILES string of the molecule is Cn1c2c([nH]c1=O)C=CC(C1=CC3CCC1CN3C(=O)C1CCC1)N2CC(C)(C)C. The van der Waals surface area contributed by atoms with Gasteiger partial charge in [0.1, 0.15) is 5.82 Å². The Morgan fingerprint density at radius 1 is 1.20 bits per heavy atom. The van der Waals surface area contributed by atoms with Gasteiger partial charge in [-0.3, -0.25) is 9.36 Å². The van der Waals surface area contributed by atoms with Crippen LogP contribution in [0.25, 0.3) is 6.08 Å². The van der Waals surface area contributed by atoms with Crippen LogP contribution in [-0.4, -0.2) is 45.5 Å². The smallest absolute Gasteiger partial charge is 0.327 e. The van der Waals surface area contributed by atoms with Gasteiger partial charge in [0, 0.05) is 26.1 Å². The molecule has 1 aromatic heterocycles. The molecule has 4 heterocycles. The highest BCUT2D eigenvalue weighted by Crippen LogP contribution is 2.43. The number of carbonyl (C=O) groups excluding carboxylic acids is 1. The first-order valence-corrected chi connectivity index (χ1v) is 11.5. The maximum atomic E-state index is 12.9. The van der Waals surface area contributed by atoms with Crippen LogP contribution in [0.15, 0.2) is 22.5 Å². The lowest BCUT2D eigenvalue weighted by Gasteiger charge is -2.50. The molecule has 1 saturated carbocycles. The molecular formula is C24H34N4O2. The molecule has 6 nitrogen and oxygen atoms in total. The van der Waals surface area contributed by atoms with Crippen molar-refractivity contribution in [2.24, 2.45) is 24.3 Å². The molecule has 3 atom stereocenters. The number of piperidine rings is 1. The van der Waals surface area contributed by atoms with E-state index in [1.807, 2.05) is 7.05 Å². The number of aromatic nitrogens is 2. The average molecular weight is 411 g/mol. The summed E-state index contributed by atoms with van der Waals surface area (Å²) in [6.07, 6.45) is 12.3. The van der Waals surface area contributed by atoms with Crippen LogP contribution in [0.4, 0.5) is 5.82 Å². The second-order valence-electron chi connectivity index (χ2n) is 10.8. The zero-order valence-electron chi connectivity index (χ0n) is 18.6. The number of carbonyl (C=O) groups is 1. The quantitative estimate of drug-likeness (QED) is 0.778. The Kier molecular flexibility index (Phi) is 4.53. The zero-order chi connectivity index (χ0) is 21.2. The fraction of sp³-hybridized carbons (Fsp3) is 0.667. The van der Waals surface area contributed by atoms with Crippen molar-refractivity contribution < 1.29 is 4.79 Å². The molecule has 6 rings (SSSR count). The number of amides is 1. The van der Waals surface area contributed by atoms with Gasteiger partial charge in [0.05, 0.1) is 17.8 Å². The fourth-order valence-corrected chi connectivity index (χ4v) is 5.67. The summed E-state index contributed by atoms with van der Waals surface area (Å²) in [6, 6.07) is 0.381. The number of fused-ring (bicyclic) bond motifs is 3. The molecule has 6 heteroatoms. The summed E-state index contributed by atoms with van der Waals surface area (Å²) in [5, 5.41) is 0. The van der Waals surface area contributed by atoms with Gasteiger partial charge in [0.25, 0.3) is 0 Å². The number of hydrogen-bond acceptors (Lipinski definition) is 3. The average Bonchev–Trinajstić information content (AvgIpc) is 2.94. The normalized spacial score (nSPS) is 28.4. The first kappa shape index (κ1) is 19.7. The van der Waals surface area contributed by atoms with E-state index in [0.717, 1.165) is 50.3 Å². The molecular weight excluding hydrogens is 376 g/mol. The van der Waals surface area contributed by atoms with E-state index >= 15 is 0 Å². The van der Waals surface area contributed by atoms with Crippen LogP contribution in [-0.2, 0) is 11.8 Å². The third kappa shape index (κ3) is 3.15. The number of aromatic amines is 1. The molecule has 2 bridgehead atoms. The highest BCUT2D eigenvalue weighted by molar-refractivity contribution is 5.80. The summed E-state index contributed by atoms with van der Waals surface area (Å²) in [5.41, 5.74) is 2.35. The van der Waals surface area contributed by atoms with Crippen LogP contribution in [0, 0.1) is 17.3 Å². The summed E-state index contributed by atoms with van der Waals surface area (Å²) in [5.74, 6) is 2.04. The molecule has 2 fully saturated rings. The minimum absolute atomic E-state index is 0.0689. The summed E-state index contributed by atoms with van der Waals surface area (Å²) in [6.45, 7) is 8.45. The molecule has 3 unspecified atom stereocenters. The van der Waals surface area contributed by atoms with E-state index in [-0.39, 0.29) is 29.1 Å². The van der Waals surface area contributed by atoms with Crippen molar-refractivity contribution in [1.82, 2.24) is 14.5 Å². The molecule has 30 heavy (non-hydrogen) atoms. The summed E-state index contributed by atoms with van der Waals surface area (Å²) >= 11 is 0. The first-order valence-electron chi connectivity index (χ1n) is 11.5. The van der Waals surface area contributed by atoms with E-state index in [2.05, 4.69) is 53.8 Å². The highest BCUT2D eigenvalue weighted by atomic mass is 16.2. The molecule has 0 aromatic carbocycles. The van der Waals surface area contributed by atoms with Gasteiger partial charge in [0.2, 0.25) is 5.91 Å². The predicted molar refractivity (Wildman–Crippen MR) is 119 cm³/mol. The van der Waals surface area contributed by atoms with E-state index in [1.54, 1.807) is 4.57 Å². The lowest BCUT2D eigenvalue weighted by Crippen LogP contribution is -2.55. The molecule has 162 valence electrons. The highest BCUT2D eigenvalue weighted by Gasteiger charge is 2.44. The Labute approximate surface area is 178 Å². The van der Waals surface area contributed by atoms with Crippen LogP contribution >= 0.6 is 0 Å². The van der Waals surface area contributed by atoms with Crippen LogP contribution in [0.1, 0.15) is 58.6 Å². The molecule has 1 saturated heterocycles. The summed E-state index contributed by atoms with van der Waals surface area (Å²) in [4.78, 5) is 32.8. The van der Waals surface area contributed by atoms with Gasteiger partial charge in [-0.2, -0.15) is 0 Å². The number of rotatable bonds is 3. The van der Waals surface area contributed by atoms with Crippen molar-refractivity contribution in [3.05, 3.63) is 33.9 Å². The summed E-state index contributed by atoms with van der Waals surface area (Å²) in [7, 11) is 1.85. The van der Waals surface area contributed by atoms with E-state index < -0.39 is 0 Å². The second kappa shape index (κ2) is 6.89. The molecule has 2 aliphatic carbocycles. The van der Waals surface area contributed by atoms with E-state index in [1.165, 1.54) is 12.0 Å². The molecule has 1 aromatic rings. The Balaban J connectivity index is 1.49. The van der Waals surface area contributed by atoms with Crippen molar-refractivity contribution in [1.29, 1.82) is 0 Å². The van der Waals surface area contributed by atoms with Gasteiger partial charge in [-0.15, -0.1) is 0 Å². The molecule has 1 N–H and O–H groups in total. The van der Waals surface area contributed by atoms with Crippen molar-refractivity contribution >= 4 is 17.8 Å². The van der Waals surface area contributed by atoms with Gasteiger partial charge in [-0.25, -0.2) is 4.79 Å². The van der Waals surface area contributed by atoms with E-state index in [9.17, 15) is 9.59 Å². The molecule has 3 aliphatic heterocycles. The third-order valence-electron chi connectivity index (χ3n) is 7.37. The van der Waals surface area contributed by atoms with Crippen LogP contribution < -0.4 is 10.6 Å². The van der Waals surface area contributed by atoms with Crippen LogP contribution in [0.5, 0.6) is 0 Å². The molecule has 5 aliphatic rings. The maximum Gasteiger partial charge on any atom is 0.327 e. The lowest BCUT2D eigenvalue weighted by atomic mass is 9.74. The lowest BCUT2D eigenvalue weighted by molar-refractivity contribution is -0.142. The molecule has 0 spiro atoms. The molecule has 0 radical (unpaired) electrons. The number of anilines is 1. The summed E-state index contributed by atoms with van der Waals surface area (Å²) < 4.78 is 1.74. The van der Waals surface area contributed by atoms with Gasteiger partial charge in [-0.05, 0) is 48.7 Å². The fourth-order valence-electron chi connectivity index (χ4n) is 5.67. The second-order valence-corrected chi connectivity index (χ2v) is 10.8. The number of imidazole rings is 1. The first-order chi connectivity index (χ1) is 14.2. The van der Waals surface area contributed by atoms with Gasteiger partial charge in [-0.1, -0.05) is 39.3 Å². The van der Waals surface area contributed by atoms with E-state index in [4.69, 9.17) is 0 Å². The van der Waals surface area contributed by atoms with E-state index in [0.29, 0.717) is 11.8 Å². The van der Waals surface area contributed by atoms with Crippen molar-refractivity contribution in [2.45, 2.75) is 65.0 Å². The number of hydrogen-bond donors (Lipinski definition) is 1. The van der Waals surface area contributed by atoms with Crippen molar-refractivity contribution in [3.63, 3.8) is 0 Å². The van der Waals surface area contributed by atoms with Crippen molar-refractivity contribution in [3.8, 4) is 0 Å². The Bertz CT molecular complexity index is 972. The topological polar surface area (TPSA) is 61.3 Å². The minimum atomic E-state index is -0.0689. The zero-order valence-corrected chi connectivity index (χ0v) is 18.6. The van der Waals surface area contributed by atoms with Crippen molar-refractivity contribution in [2.75, 3.05) is 18.0 Å². The molecule has 1 amide bonds. The number of H-pyrrole nitrogens is 1. The number of nitrogens with zero attached hydrogens (tertiary/aromatic N) is 3.